The minimum absolute atomic E-state index is 0. The summed E-state index contributed by atoms with van der Waals surface area (Å²) < 4.78 is 0. The largest absolute Gasteiger partial charge is 0.343 e. The predicted octanol–water partition coefficient (Wildman–Crippen LogP) is 4.95. The van der Waals surface area contributed by atoms with Crippen LogP contribution in [0.25, 0.3) is 0 Å². The molecule has 0 aliphatic rings. The Bertz CT molecular complexity index is 283. The summed E-state index contributed by atoms with van der Waals surface area (Å²) in [7, 11) is 0. The van der Waals surface area contributed by atoms with Crippen LogP contribution < -0.4 is 5.32 Å². The fourth-order valence-electron chi connectivity index (χ4n) is 2.60. The molecule has 0 aromatic heterocycles. The van der Waals surface area contributed by atoms with E-state index in [0.29, 0.717) is 24.4 Å². The molecular weight excluding hydrogens is 308 g/mol. The van der Waals surface area contributed by atoms with Crippen LogP contribution in [0.2, 0.25) is 0 Å². The van der Waals surface area contributed by atoms with E-state index in [4.69, 9.17) is 0 Å². The number of carbonyl (C=O) groups excluding carboxylic acids is 1. The van der Waals surface area contributed by atoms with Gasteiger partial charge in [-0.1, -0.05) is 54.9 Å². The lowest BCUT2D eigenvalue weighted by Crippen LogP contribution is -2.42. The first-order chi connectivity index (χ1) is 10.3. The first-order valence-electron chi connectivity index (χ1n) is 9.31. The molecule has 1 N–H and O–H groups in total. The van der Waals surface area contributed by atoms with Gasteiger partial charge in [0.1, 0.15) is 0 Å². The minimum atomic E-state index is 0. The Morgan fingerprint density at radius 1 is 0.913 bits per heavy atom. The van der Waals surface area contributed by atoms with E-state index in [9.17, 15) is 4.79 Å². The molecule has 2 unspecified atom stereocenters. The lowest BCUT2D eigenvalue weighted by Gasteiger charge is -2.27. The summed E-state index contributed by atoms with van der Waals surface area (Å²) in [5.41, 5.74) is 0. The second kappa shape index (κ2) is 14.1. The SMILES string of the molecule is CCC(C)C(CC)C(=O)NCN(CCC(C)C)CCC(C)C.Cl. The van der Waals surface area contributed by atoms with Crippen molar-refractivity contribution in [2.75, 3.05) is 19.8 Å². The molecule has 0 aromatic carbocycles. The highest BCUT2D eigenvalue weighted by Crippen LogP contribution is 2.18. The van der Waals surface area contributed by atoms with Gasteiger partial charge in [0.15, 0.2) is 0 Å². The highest BCUT2D eigenvalue weighted by Gasteiger charge is 2.22. The Morgan fingerprint density at radius 2 is 1.39 bits per heavy atom. The molecule has 3 nitrogen and oxygen atoms in total. The first-order valence-corrected chi connectivity index (χ1v) is 9.31. The maximum absolute atomic E-state index is 12.4. The van der Waals surface area contributed by atoms with E-state index >= 15 is 0 Å². The summed E-state index contributed by atoms with van der Waals surface area (Å²) in [6.45, 7) is 18.3. The first kappa shape index (κ1) is 25.0. The third-order valence-corrected chi connectivity index (χ3v) is 4.63. The molecule has 140 valence electrons. The molecule has 0 spiro atoms. The summed E-state index contributed by atoms with van der Waals surface area (Å²) in [6, 6.07) is 0. The smallest absolute Gasteiger partial charge is 0.224 e. The Kier molecular flexibility index (Phi) is 15.3. The van der Waals surface area contributed by atoms with E-state index in [2.05, 4.69) is 58.7 Å². The van der Waals surface area contributed by atoms with Crippen molar-refractivity contribution in [3.05, 3.63) is 0 Å². The van der Waals surface area contributed by atoms with Gasteiger partial charge in [-0.15, -0.1) is 12.4 Å². The van der Waals surface area contributed by atoms with Gasteiger partial charge in [0.25, 0.3) is 0 Å². The van der Waals surface area contributed by atoms with Crippen LogP contribution in [0, 0.1) is 23.7 Å². The Hall–Kier alpha value is -0.280. The molecule has 0 aliphatic carbocycles. The van der Waals surface area contributed by atoms with Gasteiger partial charge >= 0.3 is 0 Å². The maximum Gasteiger partial charge on any atom is 0.224 e. The summed E-state index contributed by atoms with van der Waals surface area (Å²) in [5.74, 6) is 2.27. The molecule has 1 amide bonds. The van der Waals surface area contributed by atoms with Crippen LogP contribution in [0.3, 0.4) is 0 Å². The topological polar surface area (TPSA) is 32.3 Å². The summed E-state index contributed by atoms with van der Waals surface area (Å²) >= 11 is 0. The average molecular weight is 349 g/mol. The van der Waals surface area contributed by atoms with Crippen LogP contribution >= 0.6 is 12.4 Å². The molecule has 4 heteroatoms. The maximum atomic E-state index is 12.4. The number of nitrogens with one attached hydrogen (secondary N) is 1. The molecule has 0 saturated carbocycles. The van der Waals surface area contributed by atoms with Crippen LogP contribution in [0.4, 0.5) is 0 Å². The van der Waals surface area contributed by atoms with E-state index in [0.717, 1.165) is 25.9 Å². The Balaban J connectivity index is 0. The highest BCUT2D eigenvalue weighted by atomic mass is 35.5. The van der Waals surface area contributed by atoms with E-state index in [1.165, 1.54) is 12.8 Å². The molecule has 23 heavy (non-hydrogen) atoms. The highest BCUT2D eigenvalue weighted by molar-refractivity contribution is 5.85. The standard InChI is InChI=1S/C19H40N2O.ClH/c1-8-17(7)18(9-2)19(22)20-14-21(12-10-15(3)4)13-11-16(5)6;/h15-18H,8-14H2,1-7H3,(H,20,22);1H. The molecule has 0 saturated heterocycles. The van der Waals surface area contributed by atoms with E-state index in [1.807, 2.05) is 0 Å². The van der Waals surface area contributed by atoms with Gasteiger partial charge in [-0.3, -0.25) is 9.69 Å². The number of hydrogen-bond donors (Lipinski definition) is 1. The second-order valence-electron chi connectivity index (χ2n) is 7.58. The van der Waals surface area contributed by atoms with Crippen molar-refractivity contribution in [2.24, 2.45) is 23.7 Å². The zero-order valence-corrected chi connectivity index (χ0v) is 17.3. The second-order valence-corrected chi connectivity index (χ2v) is 7.58. The molecule has 0 rings (SSSR count). The van der Waals surface area contributed by atoms with Gasteiger partial charge in [-0.2, -0.15) is 0 Å². The third-order valence-electron chi connectivity index (χ3n) is 4.63. The summed E-state index contributed by atoms with van der Waals surface area (Å²) in [5, 5.41) is 3.18. The molecule has 0 aliphatic heterocycles. The summed E-state index contributed by atoms with van der Waals surface area (Å²) in [6.07, 6.45) is 4.38. The lowest BCUT2D eigenvalue weighted by atomic mass is 9.89. The van der Waals surface area contributed by atoms with Crippen molar-refractivity contribution in [3.63, 3.8) is 0 Å². The number of amides is 1. The number of halogens is 1. The lowest BCUT2D eigenvalue weighted by molar-refractivity contribution is -0.127. The van der Waals surface area contributed by atoms with E-state index < -0.39 is 0 Å². The molecule has 0 radical (unpaired) electrons. The number of nitrogens with zero attached hydrogens (tertiary/aromatic N) is 1. The third kappa shape index (κ3) is 11.8. The average Bonchev–Trinajstić information content (AvgIpc) is 2.46. The van der Waals surface area contributed by atoms with Gasteiger partial charge in [0.2, 0.25) is 5.91 Å². The fourth-order valence-corrected chi connectivity index (χ4v) is 2.60. The van der Waals surface area contributed by atoms with Crippen LogP contribution in [0.15, 0.2) is 0 Å². The van der Waals surface area contributed by atoms with Crippen LogP contribution in [0.1, 0.15) is 74.1 Å². The monoisotopic (exact) mass is 348 g/mol. The molecular formula is C19H41ClN2O. The van der Waals surface area contributed by atoms with E-state index in [-0.39, 0.29) is 24.2 Å². The Morgan fingerprint density at radius 3 is 1.74 bits per heavy atom. The molecule has 0 bridgehead atoms. The van der Waals surface area contributed by atoms with Gasteiger partial charge in [0.05, 0.1) is 6.67 Å². The molecule has 2 atom stereocenters. The Labute approximate surface area is 151 Å². The fraction of sp³-hybridized carbons (Fsp3) is 0.947. The minimum Gasteiger partial charge on any atom is -0.343 e. The van der Waals surface area contributed by atoms with Crippen molar-refractivity contribution in [1.29, 1.82) is 0 Å². The van der Waals surface area contributed by atoms with Gasteiger partial charge in [0, 0.05) is 19.0 Å². The zero-order chi connectivity index (χ0) is 17.1. The van der Waals surface area contributed by atoms with Gasteiger partial charge in [-0.05, 0) is 37.0 Å². The number of carbonyl (C=O) groups is 1. The molecule has 0 heterocycles. The van der Waals surface area contributed by atoms with Crippen molar-refractivity contribution < 1.29 is 4.79 Å². The number of rotatable bonds is 12. The zero-order valence-electron chi connectivity index (χ0n) is 16.5. The quantitative estimate of drug-likeness (QED) is 0.506. The van der Waals surface area contributed by atoms with Gasteiger partial charge < -0.3 is 5.32 Å². The van der Waals surface area contributed by atoms with Crippen molar-refractivity contribution in [1.82, 2.24) is 10.2 Å². The number of hydrogen-bond acceptors (Lipinski definition) is 2. The van der Waals surface area contributed by atoms with Gasteiger partial charge in [-0.25, -0.2) is 0 Å². The molecule has 0 fully saturated rings. The van der Waals surface area contributed by atoms with Crippen LogP contribution in [-0.4, -0.2) is 30.6 Å². The van der Waals surface area contributed by atoms with Crippen molar-refractivity contribution in [3.8, 4) is 0 Å². The van der Waals surface area contributed by atoms with Crippen molar-refractivity contribution in [2.45, 2.75) is 74.1 Å². The summed E-state index contributed by atoms with van der Waals surface area (Å²) in [4.78, 5) is 14.8. The van der Waals surface area contributed by atoms with Crippen LogP contribution in [0.5, 0.6) is 0 Å². The predicted molar refractivity (Wildman–Crippen MR) is 104 cm³/mol. The molecule has 0 aromatic rings. The van der Waals surface area contributed by atoms with Crippen LogP contribution in [-0.2, 0) is 4.79 Å². The van der Waals surface area contributed by atoms with Crippen molar-refractivity contribution >= 4 is 18.3 Å². The van der Waals surface area contributed by atoms with E-state index in [1.54, 1.807) is 0 Å². The normalized spacial score (nSPS) is 14.0.